The summed E-state index contributed by atoms with van der Waals surface area (Å²) >= 11 is 1.67. The molecule has 1 atom stereocenters. The molecule has 3 N–H and O–H groups in total. The zero-order valence-electron chi connectivity index (χ0n) is 12.0. The molecule has 4 nitrogen and oxygen atoms in total. The fourth-order valence-electron chi connectivity index (χ4n) is 2.07. The first kappa shape index (κ1) is 15.6. The fraction of sp³-hybridized carbons (Fsp3) is 0.267. The van der Waals surface area contributed by atoms with Crippen LogP contribution in [0.4, 0.5) is 4.39 Å². The largest absolute Gasteiger partial charge is 0.294 e. The molecule has 0 aliphatic carbocycles. The van der Waals surface area contributed by atoms with Crippen molar-refractivity contribution in [3.05, 3.63) is 57.5 Å². The average molecular weight is 307 g/mol. The molecular formula is C15H18FN3OS. The molecule has 0 fully saturated rings. The Hall–Kier alpha value is -1.76. The van der Waals surface area contributed by atoms with Crippen LogP contribution in [0.5, 0.6) is 0 Å². The van der Waals surface area contributed by atoms with Crippen molar-refractivity contribution in [3.8, 4) is 0 Å². The van der Waals surface area contributed by atoms with E-state index < -0.39 is 5.91 Å². The van der Waals surface area contributed by atoms with Crippen molar-refractivity contribution >= 4 is 17.2 Å². The van der Waals surface area contributed by atoms with E-state index in [1.54, 1.807) is 11.3 Å². The lowest BCUT2D eigenvalue weighted by molar-refractivity contribution is 0.0953. The van der Waals surface area contributed by atoms with Gasteiger partial charge >= 0.3 is 0 Å². The van der Waals surface area contributed by atoms with Crippen LogP contribution in [-0.4, -0.2) is 17.9 Å². The van der Waals surface area contributed by atoms with Crippen LogP contribution in [0.2, 0.25) is 0 Å². The first-order valence-electron chi connectivity index (χ1n) is 6.56. The predicted octanol–water partition coefficient (Wildman–Crippen LogP) is 2.68. The molecule has 6 heteroatoms. The molecule has 2 rings (SSSR count). The molecule has 1 aromatic carbocycles. The standard InChI is InChI=1S/C15H18FN3OS/c1-10(14-4-3-7-21-14)19(2)9-12-8-11(15(20)18-17)5-6-13(12)16/h3-8,10H,9,17H2,1-2H3,(H,18,20). The van der Waals surface area contributed by atoms with Gasteiger partial charge in [-0.2, -0.15) is 0 Å². The Labute approximate surface area is 127 Å². The molecule has 0 saturated carbocycles. The van der Waals surface area contributed by atoms with Crippen LogP contribution in [0.1, 0.15) is 33.8 Å². The van der Waals surface area contributed by atoms with Gasteiger partial charge in [-0.1, -0.05) is 6.07 Å². The number of rotatable bonds is 5. The second-order valence-corrected chi connectivity index (χ2v) is 5.87. The second kappa shape index (κ2) is 6.80. The van der Waals surface area contributed by atoms with Crippen LogP contribution >= 0.6 is 11.3 Å². The number of halogens is 1. The molecule has 0 spiro atoms. The predicted molar refractivity (Wildman–Crippen MR) is 82.3 cm³/mol. The summed E-state index contributed by atoms with van der Waals surface area (Å²) in [6.07, 6.45) is 0. The van der Waals surface area contributed by atoms with Gasteiger partial charge in [0.15, 0.2) is 0 Å². The third-order valence-electron chi connectivity index (χ3n) is 3.47. The van der Waals surface area contributed by atoms with E-state index in [4.69, 9.17) is 5.84 Å². The Bertz CT molecular complexity index is 615. The highest BCUT2D eigenvalue weighted by molar-refractivity contribution is 7.10. The molecule has 112 valence electrons. The van der Waals surface area contributed by atoms with Crippen LogP contribution in [0, 0.1) is 5.82 Å². The number of thiophene rings is 1. The van der Waals surface area contributed by atoms with E-state index in [0.717, 1.165) is 0 Å². The molecule has 0 bridgehead atoms. The van der Waals surface area contributed by atoms with Gasteiger partial charge < -0.3 is 0 Å². The van der Waals surface area contributed by atoms with Gasteiger partial charge in [0.1, 0.15) is 5.82 Å². The number of hydrogen-bond donors (Lipinski definition) is 2. The first-order chi connectivity index (χ1) is 10.0. The highest BCUT2D eigenvalue weighted by atomic mass is 32.1. The molecule has 0 saturated heterocycles. The van der Waals surface area contributed by atoms with Gasteiger partial charge in [0.25, 0.3) is 5.91 Å². The third-order valence-corrected chi connectivity index (χ3v) is 4.52. The molecule has 1 aromatic heterocycles. The van der Waals surface area contributed by atoms with E-state index in [0.29, 0.717) is 17.7 Å². The van der Waals surface area contributed by atoms with E-state index in [9.17, 15) is 9.18 Å². The molecule has 1 heterocycles. The molecule has 1 amide bonds. The summed E-state index contributed by atoms with van der Waals surface area (Å²) in [4.78, 5) is 14.8. The Morgan fingerprint density at radius 3 is 2.86 bits per heavy atom. The van der Waals surface area contributed by atoms with E-state index in [2.05, 4.69) is 18.4 Å². The average Bonchev–Trinajstić information content (AvgIpc) is 3.02. The zero-order chi connectivity index (χ0) is 15.4. The summed E-state index contributed by atoms with van der Waals surface area (Å²) in [6.45, 7) is 2.48. The van der Waals surface area contributed by atoms with Crippen molar-refractivity contribution in [1.29, 1.82) is 0 Å². The Kier molecular flexibility index (Phi) is 5.06. The van der Waals surface area contributed by atoms with E-state index in [1.165, 1.54) is 23.1 Å². The van der Waals surface area contributed by atoms with E-state index in [-0.39, 0.29) is 11.9 Å². The zero-order valence-corrected chi connectivity index (χ0v) is 12.8. The molecular weight excluding hydrogens is 289 g/mol. The number of nitrogens with one attached hydrogen (secondary N) is 1. The monoisotopic (exact) mass is 307 g/mol. The molecule has 0 aliphatic rings. The van der Waals surface area contributed by atoms with E-state index >= 15 is 0 Å². The number of carbonyl (C=O) groups is 1. The lowest BCUT2D eigenvalue weighted by atomic mass is 10.1. The highest BCUT2D eigenvalue weighted by Crippen LogP contribution is 2.25. The van der Waals surface area contributed by atoms with Crippen molar-refractivity contribution in [2.45, 2.75) is 19.5 Å². The van der Waals surface area contributed by atoms with Crippen molar-refractivity contribution in [2.75, 3.05) is 7.05 Å². The van der Waals surface area contributed by atoms with Gasteiger partial charge in [-0.15, -0.1) is 11.3 Å². The number of hydrogen-bond acceptors (Lipinski definition) is 4. The van der Waals surface area contributed by atoms with Gasteiger partial charge in [-0.05, 0) is 43.6 Å². The second-order valence-electron chi connectivity index (χ2n) is 4.89. The minimum absolute atomic E-state index is 0.177. The number of nitrogens with two attached hydrogens (primary N) is 1. The lowest BCUT2D eigenvalue weighted by Crippen LogP contribution is -2.30. The van der Waals surface area contributed by atoms with Crippen molar-refractivity contribution in [1.82, 2.24) is 10.3 Å². The number of hydrazine groups is 1. The summed E-state index contributed by atoms with van der Waals surface area (Å²) < 4.78 is 13.9. The highest BCUT2D eigenvalue weighted by Gasteiger charge is 2.16. The summed E-state index contributed by atoms with van der Waals surface area (Å²) in [5, 5.41) is 2.02. The molecule has 0 radical (unpaired) electrons. The van der Waals surface area contributed by atoms with Gasteiger partial charge in [0.2, 0.25) is 0 Å². The topological polar surface area (TPSA) is 58.4 Å². The molecule has 2 aromatic rings. The van der Waals surface area contributed by atoms with Crippen LogP contribution in [0.15, 0.2) is 35.7 Å². The van der Waals surface area contributed by atoms with Crippen LogP contribution in [0.25, 0.3) is 0 Å². The maximum absolute atomic E-state index is 13.9. The van der Waals surface area contributed by atoms with Crippen molar-refractivity contribution in [2.24, 2.45) is 5.84 Å². The minimum Gasteiger partial charge on any atom is -0.294 e. The van der Waals surface area contributed by atoms with Crippen LogP contribution in [-0.2, 0) is 6.54 Å². The van der Waals surface area contributed by atoms with E-state index in [1.807, 2.05) is 23.4 Å². The Morgan fingerprint density at radius 1 is 1.48 bits per heavy atom. The smallest absolute Gasteiger partial charge is 0.265 e. The lowest BCUT2D eigenvalue weighted by Gasteiger charge is -2.24. The number of amides is 1. The van der Waals surface area contributed by atoms with Crippen molar-refractivity contribution in [3.63, 3.8) is 0 Å². The van der Waals surface area contributed by atoms with Gasteiger partial charge in [0.05, 0.1) is 0 Å². The van der Waals surface area contributed by atoms with Crippen LogP contribution < -0.4 is 11.3 Å². The molecule has 0 aliphatic heterocycles. The van der Waals surface area contributed by atoms with Gasteiger partial charge in [-0.25, -0.2) is 10.2 Å². The van der Waals surface area contributed by atoms with Crippen LogP contribution in [0.3, 0.4) is 0 Å². The number of nitrogens with zero attached hydrogens (tertiary/aromatic N) is 1. The number of benzene rings is 1. The molecule has 1 unspecified atom stereocenters. The maximum atomic E-state index is 13.9. The summed E-state index contributed by atoms with van der Waals surface area (Å²) in [5.41, 5.74) is 2.88. The summed E-state index contributed by atoms with van der Waals surface area (Å²) in [6, 6.07) is 8.48. The fourth-order valence-corrected chi connectivity index (χ4v) is 2.92. The van der Waals surface area contributed by atoms with Crippen molar-refractivity contribution < 1.29 is 9.18 Å². The quantitative estimate of drug-likeness (QED) is 0.507. The minimum atomic E-state index is -0.426. The first-order valence-corrected chi connectivity index (χ1v) is 7.44. The summed E-state index contributed by atoms with van der Waals surface area (Å²) in [5.74, 6) is 4.35. The van der Waals surface area contributed by atoms with Gasteiger partial charge in [0, 0.05) is 28.6 Å². The maximum Gasteiger partial charge on any atom is 0.265 e. The number of carbonyl (C=O) groups excluding carboxylic acids is 1. The Balaban J connectivity index is 2.16. The van der Waals surface area contributed by atoms with Gasteiger partial charge in [-0.3, -0.25) is 15.1 Å². The molecule has 21 heavy (non-hydrogen) atoms. The normalized spacial score (nSPS) is 12.4. The SMILES string of the molecule is CC(c1cccs1)N(C)Cc1cc(C(=O)NN)ccc1F. The Morgan fingerprint density at radius 2 is 2.24 bits per heavy atom. The summed E-state index contributed by atoms with van der Waals surface area (Å²) in [7, 11) is 1.93. The third kappa shape index (κ3) is 3.66. The number of nitrogen functional groups attached to an aromatic ring is 1.